The first kappa shape index (κ1) is 18.7. The topological polar surface area (TPSA) is 77.5 Å². The van der Waals surface area contributed by atoms with E-state index in [1.54, 1.807) is 49.4 Å². The van der Waals surface area contributed by atoms with Gasteiger partial charge in [0.15, 0.2) is 0 Å². The average Bonchev–Trinajstić information content (AvgIpc) is 2.69. The number of hydrogen-bond donors (Lipinski definition) is 1. The Morgan fingerprint density at radius 2 is 1.81 bits per heavy atom. The summed E-state index contributed by atoms with van der Waals surface area (Å²) in [7, 11) is 1.31. The smallest absolute Gasteiger partial charge is 0.341 e. The fourth-order valence-corrected chi connectivity index (χ4v) is 2.80. The molecule has 0 aliphatic rings. The highest BCUT2D eigenvalue weighted by Crippen LogP contribution is 2.32. The van der Waals surface area contributed by atoms with Gasteiger partial charge >= 0.3 is 11.9 Å². The highest BCUT2D eigenvalue weighted by Gasteiger charge is 2.20. The molecule has 0 bridgehead atoms. The maximum absolute atomic E-state index is 12.4. The molecule has 3 rings (SSSR count). The maximum atomic E-state index is 12.4. The Morgan fingerprint density at radius 3 is 2.48 bits per heavy atom. The van der Waals surface area contributed by atoms with Gasteiger partial charge in [-0.2, -0.15) is 0 Å². The molecule has 0 fully saturated rings. The molecule has 0 aliphatic carbocycles. The Kier molecular flexibility index (Phi) is 5.57. The third-order valence-electron chi connectivity index (χ3n) is 3.91. The predicted octanol–water partition coefficient (Wildman–Crippen LogP) is 4.60. The van der Waals surface area contributed by atoms with Gasteiger partial charge in [-0.15, -0.1) is 0 Å². The van der Waals surface area contributed by atoms with Crippen LogP contribution in [0.5, 0.6) is 0 Å². The number of esters is 2. The summed E-state index contributed by atoms with van der Waals surface area (Å²) in [4.78, 5) is 28.8. The standard InChI is InChI=1S/C20H17ClN2O4/c1-3-27-20(25)16-11-22-17-14(5-4-6-15(17)19(24)26-2)18(16)23-13-9-7-12(21)8-10-13/h4-11H,3H2,1-2H3,(H,22,23). The Morgan fingerprint density at radius 1 is 1.07 bits per heavy atom. The minimum atomic E-state index is -0.508. The quantitative estimate of drug-likeness (QED) is 0.648. The fraction of sp³-hybridized carbons (Fsp3) is 0.150. The predicted molar refractivity (Wildman–Crippen MR) is 104 cm³/mol. The summed E-state index contributed by atoms with van der Waals surface area (Å²) in [6.07, 6.45) is 1.39. The second-order valence-electron chi connectivity index (χ2n) is 5.59. The van der Waals surface area contributed by atoms with Gasteiger partial charge in [0.05, 0.1) is 30.5 Å². The lowest BCUT2D eigenvalue weighted by Crippen LogP contribution is -2.10. The number of fused-ring (bicyclic) bond motifs is 1. The zero-order valence-electron chi connectivity index (χ0n) is 14.8. The minimum Gasteiger partial charge on any atom is -0.465 e. The Bertz CT molecular complexity index is 1000. The van der Waals surface area contributed by atoms with Gasteiger partial charge in [0.25, 0.3) is 0 Å². The van der Waals surface area contributed by atoms with Crippen molar-refractivity contribution >= 4 is 45.8 Å². The van der Waals surface area contributed by atoms with Crippen molar-refractivity contribution in [3.05, 3.63) is 64.8 Å². The highest BCUT2D eigenvalue weighted by molar-refractivity contribution is 6.30. The number of nitrogens with zero attached hydrogens (tertiary/aromatic N) is 1. The molecule has 2 aromatic carbocycles. The summed E-state index contributed by atoms with van der Waals surface area (Å²) in [5.41, 5.74) is 2.21. The largest absolute Gasteiger partial charge is 0.465 e. The summed E-state index contributed by atoms with van der Waals surface area (Å²) in [5.74, 6) is -1.01. The Labute approximate surface area is 161 Å². The number of methoxy groups -OCH3 is 1. The van der Waals surface area contributed by atoms with E-state index < -0.39 is 11.9 Å². The van der Waals surface area contributed by atoms with Gasteiger partial charge in [0.2, 0.25) is 0 Å². The number of halogens is 1. The molecule has 0 atom stereocenters. The molecule has 27 heavy (non-hydrogen) atoms. The molecular weight excluding hydrogens is 368 g/mol. The number of aromatic nitrogens is 1. The van der Waals surface area contributed by atoms with Gasteiger partial charge in [-0.1, -0.05) is 23.7 Å². The number of pyridine rings is 1. The first-order chi connectivity index (χ1) is 13.0. The van der Waals surface area contributed by atoms with Crippen LogP contribution in [0.15, 0.2) is 48.7 Å². The van der Waals surface area contributed by atoms with E-state index in [1.807, 2.05) is 0 Å². The van der Waals surface area contributed by atoms with Crippen molar-refractivity contribution in [1.82, 2.24) is 4.98 Å². The lowest BCUT2D eigenvalue weighted by Gasteiger charge is -2.15. The van der Waals surface area contributed by atoms with Crippen LogP contribution in [0.25, 0.3) is 10.9 Å². The van der Waals surface area contributed by atoms with Crippen LogP contribution in [0.3, 0.4) is 0 Å². The van der Waals surface area contributed by atoms with E-state index in [9.17, 15) is 9.59 Å². The Balaban J connectivity index is 2.21. The molecule has 1 aromatic heterocycles. The third kappa shape index (κ3) is 3.85. The van der Waals surface area contributed by atoms with Crippen molar-refractivity contribution < 1.29 is 19.1 Å². The number of hydrogen-bond acceptors (Lipinski definition) is 6. The zero-order chi connectivity index (χ0) is 19.4. The maximum Gasteiger partial charge on any atom is 0.341 e. The van der Waals surface area contributed by atoms with Crippen molar-refractivity contribution in [1.29, 1.82) is 0 Å². The number of carbonyl (C=O) groups excluding carboxylic acids is 2. The van der Waals surface area contributed by atoms with Crippen molar-refractivity contribution in [2.24, 2.45) is 0 Å². The van der Waals surface area contributed by atoms with E-state index in [1.165, 1.54) is 13.3 Å². The first-order valence-corrected chi connectivity index (χ1v) is 8.62. The van der Waals surface area contributed by atoms with E-state index in [0.29, 0.717) is 27.2 Å². The summed E-state index contributed by atoms with van der Waals surface area (Å²) >= 11 is 5.94. The van der Waals surface area contributed by atoms with Crippen molar-refractivity contribution in [2.75, 3.05) is 19.0 Å². The summed E-state index contributed by atoms with van der Waals surface area (Å²) in [6.45, 7) is 1.97. The first-order valence-electron chi connectivity index (χ1n) is 8.25. The number of para-hydroxylation sites is 1. The second-order valence-corrected chi connectivity index (χ2v) is 6.03. The van der Waals surface area contributed by atoms with Gasteiger partial charge in [0, 0.05) is 22.3 Å². The van der Waals surface area contributed by atoms with Crippen LogP contribution in [0.1, 0.15) is 27.6 Å². The molecule has 0 aliphatic heterocycles. The van der Waals surface area contributed by atoms with Gasteiger partial charge in [-0.05, 0) is 37.3 Å². The van der Waals surface area contributed by atoms with E-state index in [2.05, 4.69) is 10.3 Å². The fourth-order valence-electron chi connectivity index (χ4n) is 2.67. The van der Waals surface area contributed by atoms with Crippen LogP contribution in [0, 0.1) is 0 Å². The number of carbonyl (C=O) groups is 2. The SMILES string of the molecule is CCOC(=O)c1cnc2c(C(=O)OC)cccc2c1Nc1ccc(Cl)cc1. The van der Waals surface area contributed by atoms with Gasteiger partial charge in [-0.3, -0.25) is 4.98 Å². The number of ether oxygens (including phenoxy) is 2. The monoisotopic (exact) mass is 384 g/mol. The molecule has 0 saturated heterocycles. The number of anilines is 2. The molecule has 0 amide bonds. The van der Waals surface area contributed by atoms with Gasteiger partial charge in [0.1, 0.15) is 5.56 Å². The molecule has 0 spiro atoms. The normalized spacial score (nSPS) is 10.5. The van der Waals surface area contributed by atoms with E-state index >= 15 is 0 Å². The molecule has 7 heteroatoms. The van der Waals surface area contributed by atoms with Gasteiger partial charge in [-0.25, -0.2) is 9.59 Å². The molecule has 0 saturated carbocycles. The molecule has 0 radical (unpaired) electrons. The zero-order valence-corrected chi connectivity index (χ0v) is 15.5. The molecule has 1 N–H and O–H groups in total. The molecular formula is C20H17ClN2O4. The van der Waals surface area contributed by atoms with E-state index in [4.69, 9.17) is 21.1 Å². The van der Waals surface area contributed by atoms with Crippen LogP contribution in [-0.4, -0.2) is 30.6 Å². The van der Waals surface area contributed by atoms with Crippen LogP contribution in [0.2, 0.25) is 5.02 Å². The van der Waals surface area contributed by atoms with Crippen molar-refractivity contribution in [3.8, 4) is 0 Å². The number of rotatable bonds is 5. The molecule has 1 heterocycles. The van der Waals surface area contributed by atoms with Gasteiger partial charge < -0.3 is 14.8 Å². The molecule has 6 nitrogen and oxygen atoms in total. The molecule has 3 aromatic rings. The minimum absolute atomic E-state index is 0.236. The van der Waals surface area contributed by atoms with E-state index in [-0.39, 0.29) is 12.2 Å². The van der Waals surface area contributed by atoms with Crippen molar-refractivity contribution in [3.63, 3.8) is 0 Å². The highest BCUT2D eigenvalue weighted by atomic mass is 35.5. The van der Waals surface area contributed by atoms with E-state index in [0.717, 1.165) is 5.69 Å². The average molecular weight is 385 g/mol. The van der Waals surface area contributed by atoms with Crippen LogP contribution < -0.4 is 5.32 Å². The third-order valence-corrected chi connectivity index (χ3v) is 4.16. The Hall–Kier alpha value is -3.12. The summed E-state index contributed by atoms with van der Waals surface area (Å²) in [5, 5.41) is 4.41. The molecule has 0 unspecified atom stereocenters. The molecule has 138 valence electrons. The van der Waals surface area contributed by atoms with Crippen LogP contribution in [-0.2, 0) is 9.47 Å². The van der Waals surface area contributed by atoms with Crippen molar-refractivity contribution in [2.45, 2.75) is 6.92 Å². The second kappa shape index (κ2) is 8.05. The lowest BCUT2D eigenvalue weighted by atomic mass is 10.0. The number of benzene rings is 2. The van der Waals surface area contributed by atoms with Crippen LogP contribution in [0.4, 0.5) is 11.4 Å². The number of nitrogens with one attached hydrogen (secondary N) is 1. The summed E-state index contributed by atoms with van der Waals surface area (Å²) in [6, 6.07) is 12.1. The lowest BCUT2D eigenvalue weighted by molar-refractivity contribution is 0.0526. The van der Waals surface area contributed by atoms with Crippen LogP contribution >= 0.6 is 11.6 Å². The summed E-state index contributed by atoms with van der Waals surface area (Å²) < 4.78 is 9.97.